The number of hydrogen-bond donors (Lipinski definition) is 1. The topological polar surface area (TPSA) is 15.3 Å². The summed E-state index contributed by atoms with van der Waals surface area (Å²) in [5.74, 6) is 0.543. The Hall–Kier alpha value is -2.13. The number of hydrogen-bond acceptors (Lipinski definition) is 2. The van der Waals surface area contributed by atoms with Crippen LogP contribution in [0.5, 0.6) is 0 Å². The number of thiocarbonyl (C=S) groups is 1. The molecule has 0 saturated heterocycles. The van der Waals surface area contributed by atoms with E-state index in [2.05, 4.69) is 90.8 Å². The average Bonchev–Trinajstić information content (AvgIpc) is 2.60. The second-order valence-corrected chi connectivity index (χ2v) is 7.05. The van der Waals surface area contributed by atoms with Crippen molar-refractivity contribution in [2.75, 3.05) is 4.90 Å². The molecule has 2 aromatic carbocycles. The molecule has 0 aliphatic carbocycles. The molecular formula is C21H24N2S. The summed E-state index contributed by atoms with van der Waals surface area (Å²) in [4.78, 5) is 3.22. The summed E-state index contributed by atoms with van der Waals surface area (Å²) in [6, 6.07) is 21.6. The quantitative estimate of drug-likeness (QED) is 0.780. The lowest BCUT2D eigenvalue weighted by molar-refractivity contribution is 0.442. The maximum Gasteiger partial charge on any atom is 0.101 e. The highest BCUT2D eigenvalue weighted by atomic mass is 32.1. The Bertz CT molecular complexity index is 707. The van der Waals surface area contributed by atoms with E-state index < -0.39 is 0 Å². The second kappa shape index (κ2) is 7.63. The van der Waals surface area contributed by atoms with E-state index in [4.69, 9.17) is 12.2 Å². The van der Waals surface area contributed by atoms with Gasteiger partial charge >= 0.3 is 0 Å². The van der Waals surface area contributed by atoms with Crippen LogP contribution in [0.4, 0.5) is 5.69 Å². The van der Waals surface area contributed by atoms with Crippen LogP contribution < -0.4 is 10.2 Å². The number of para-hydroxylation sites is 1. The van der Waals surface area contributed by atoms with Gasteiger partial charge in [-0.2, -0.15) is 0 Å². The van der Waals surface area contributed by atoms with E-state index in [1.165, 1.54) is 16.9 Å². The van der Waals surface area contributed by atoms with Gasteiger partial charge in [-0.15, -0.1) is 0 Å². The van der Waals surface area contributed by atoms with Crippen molar-refractivity contribution in [3.8, 4) is 0 Å². The minimum Gasteiger partial charge on any atom is -0.373 e. The van der Waals surface area contributed by atoms with Crippen LogP contribution in [0, 0.1) is 5.92 Å². The molecule has 1 aliphatic rings. The number of nitrogens with zero attached hydrogens (tertiary/aromatic N) is 1. The first-order chi connectivity index (χ1) is 11.6. The number of nitrogens with one attached hydrogen (secondary N) is 1. The molecule has 2 nitrogen and oxygen atoms in total. The first-order valence-corrected chi connectivity index (χ1v) is 8.92. The van der Waals surface area contributed by atoms with Crippen LogP contribution in [0.1, 0.15) is 25.8 Å². The van der Waals surface area contributed by atoms with Crippen LogP contribution in [0.25, 0.3) is 0 Å². The lowest BCUT2D eigenvalue weighted by Gasteiger charge is -2.35. The highest BCUT2D eigenvalue weighted by Crippen LogP contribution is 2.28. The van der Waals surface area contributed by atoms with Crippen molar-refractivity contribution >= 4 is 22.9 Å². The van der Waals surface area contributed by atoms with Gasteiger partial charge in [0.05, 0.1) is 0 Å². The summed E-state index contributed by atoms with van der Waals surface area (Å²) in [6.07, 6.45) is 3.10. The Balaban J connectivity index is 1.94. The van der Waals surface area contributed by atoms with Gasteiger partial charge in [0.25, 0.3) is 0 Å². The van der Waals surface area contributed by atoms with E-state index >= 15 is 0 Å². The largest absolute Gasteiger partial charge is 0.373 e. The van der Waals surface area contributed by atoms with E-state index in [-0.39, 0.29) is 0 Å². The van der Waals surface area contributed by atoms with Crippen molar-refractivity contribution in [2.24, 2.45) is 5.92 Å². The molecule has 0 radical (unpaired) electrons. The van der Waals surface area contributed by atoms with E-state index in [0.29, 0.717) is 12.0 Å². The van der Waals surface area contributed by atoms with E-state index in [0.717, 1.165) is 18.0 Å². The SMILES string of the molecule is CC(C)[C@H]1CC(N(Cc2ccccc2)c2ccccc2)=CC(=S)N1. The fourth-order valence-corrected chi connectivity index (χ4v) is 3.32. The highest BCUT2D eigenvalue weighted by molar-refractivity contribution is 7.80. The van der Waals surface area contributed by atoms with Gasteiger partial charge in [-0.05, 0) is 29.7 Å². The molecule has 0 unspecified atom stereocenters. The van der Waals surface area contributed by atoms with Gasteiger partial charge in [-0.25, -0.2) is 0 Å². The zero-order chi connectivity index (χ0) is 16.9. The molecule has 24 heavy (non-hydrogen) atoms. The van der Waals surface area contributed by atoms with Crippen molar-refractivity contribution in [3.05, 3.63) is 78.0 Å². The normalized spacial score (nSPS) is 17.4. The third-order valence-corrected chi connectivity index (χ3v) is 4.69. The molecule has 0 fully saturated rings. The van der Waals surface area contributed by atoms with Gasteiger partial charge in [-0.3, -0.25) is 0 Å². The first-order valence-electron chi connectivity index (χ1n) is 8.51. The van der Waals surface area contributed by atoms with Gasteiger partial charge < -0.3 is 10.2 Å². The lowest BCUT2D eigenvalue weighted by atomic mass is 9.95. The molecule has 0 aromatic heterocycles. The van der Waals surface area contributed by atoms with Gasteiger partial charge in [0.2, 0.25) is 0 Å². The van der Waals surface area contributed by atoms with Crippen molar-refractivity contribution in [3.63, 3.8) is 0 Å². The molecule has 1 heterocycles. The molecule has 1 N–H and O–H groups in total. The average molecular weight is 337 g/mol. The third kappa shape index (κ3) is 4.04. The van der Waals surface area contributed by atoms with Gasteiger partial charge in [0.1, 0.15) is 4.99 Å². The standard InChI is InChI=1S/C21H24N2S/c1-16(2)20-13-19(14-21(24)22-20)23(18-11-7-4-8-12-18)15-17-9-5-3-6-10-17/h3-12,14,16,20H,13,15H2,1-2H3,(H,22,24)/t20-/m1/s1. The van der Waals surface area contributed by atoms with E-state index in [1.54, 1.807) is 0 Å². The fraction of sp³-hybridized carbons (Fsp3) is 0.286. The Morgan fingerprint density at radius 1 is 1.04 bits per heavy atom. The molecule has 1 aliphatic heterocycles. The number of anilines is 1. The summed E-state index contributed by atoms with van der Waals surface area (Å²) in [5.41, 5.74) is 3.79. The second-order valence-electron chi connectivity index (χ2n) is 6.61. The minimum atomic E-state index is 0.388. The first kappa shape index (κ1) is 16.7. The predicted octanol–water partition coefficient (Wildman–Crippen LogP) is 4.92. The van der Waals surface area contributed by atoms with Crippen molar-refractivity contribution in [1.82, 2.24) is 5.32 Å². The Labute approximate surface area is 150 Å². The molecular weight excluding hydrogens is 312 g/mol. The van der Waals surface area contributed by atoms with Gasteiger partial charge in [0, 0.05) is 30.4 Å². The summed E-state index contributed by atoms with van der Waals surface area (Å²) in [6.45, 7) is 5.34. The summed E-state index contributed by atoms with van der Waals surface area (Å²) >= 11 is 5.50. The van der Waals surface area contributed by atoms with E-state index in [1.807, 2.05) is 0 Å². The molecule has 0 amide bonds. The minimum absolute atomic E-state index is 0.388. The molecule has 0 saturated carbocycles. The molecule has 0 bridgehead atoms. The zero-order valence-electron chi connectivity index (χ0n) is 14.3. The third-order valence-electron chi connectivity index (χ3n) is 4.46. The monoisotopic (exact) mass is 336 g/mol. The molecule has 124 valence electrons. The fourth-order valence-electron chi connectivity index (χ4n) is 3.03. The van der Waals surface area contributed by atoms with Crippen LogP contribution in [-0.4, -0.2) is 11.0 Å². The highest BCUT2D eigenvalue weighted by Gasteiger charge is 2.24. The maximum atomic E-state index is 5.50. The Morgan fingerprint density at radius 3 is 2.29 bits per heavy atom. The van der Waals surface area contributed by atoms with E-state index in [9.17, 15) is 0 Å². The number of rotatable bonds is 5. The van der Waals surface area contributed by atoms with Crippen molar-refractivity contribution in [1.29, 1.82) is 0 Å². The van der Waals surface area contributed by atoms with Crippen LogP contribution in [0.3, 0.4) is 0 Å². The van der Waals surface area contributed by atoms with Crippen LogP contribution in [0.15, 0.2) is 72.4 Å². The van der Waals surface area contributed by atoms with Gasteiger partial charge in [0.15, 0.2) is 0 Å². The summed E-state index contributed by atoms with van der Waals surface area (Å²) in [5, 5.41) is 3.44. The predicted molar refractivity (Wildman–Crippen MR) is 106 cm³/mol. The number of benzene rings is 2. The zero-order valence-corrected chi connectivity index (χ0v) is 15.1. The maximum absolute atomic E-state index is 5.50. The molecule has 3 rings (SSSR count). The molecule has 2 aromatic rings. The van der Waals surface area contributed by atoms with Crippen LogP contribution >= 0.6 is 12.2 Å². The molecule has 1 atom stereocenters. The summed E-state index contributed by atoms with van der Waals surface area (Å²) < 4.78 is 0. The Morgan fingerprint density at radius 2 is 1.67 bits per heavy atom. The Kier molecular flexibility index (Phi) is 5.31. The van der Waals surface area contributed by atoms with Crippen LogP contribution in [-0.2, 0) is 6.54 Å². The van der Waals surface area contributed by atoms with Gasteiger partial charge in [-0.1, -0.05) is 74.6 Å². The smallest absolute Gasteiger partial charge is 0.101 e. The lowest BCUT2D eigenvalue weighted by Crippen LogP contribution is -2.43. The molecule has 0 spiro atoms. The summed E-state index contributed by atoms with van der Waals surface area (Å²) in [7, 11) is 0. The molecule has 3 heteroatoms. The van der Waals surface area contributed by atoms with Crippen molar-refractivity contribution < 1.29 is 0 Å². The van der Waals surface area contributed by atoms with Crippen molar-refractivity contribution in [2.45, 2.75) is 32.9 Å². The van der Waals surface area contributed by atoms with Crippen LogP contribution in [0.2, 0.25) is 0 Å².